The van der Waals surface area contributed by atoms with Crippen molar-refractivity contribution in [1.29, 1.82) is 0 Å². The molecule has 1 aliphatic heterocycles. The molecule has 4 rings (SSSR count). The van der Waals surface area contributed by atoms with Crippen LogP contribution in [0.1, 0.15) is 35.0 Å². The van der Waals surface area contributed by atoms with Crippen molar-refractivity contribution >= 4 is 17.7 Å². The van der Waals surface area contributed by atoms with Gasteiger partial charge in [0.25, 0.3) is 0 Å². The Kier molecular flexibility index (Phi) is 8.59. The number of benzene rings is 2. The molecule has 0 spiro atoms. The molecule has 186 valence electrons. The molecule has 0 unspecified atom stereocenters. The van der Waals surface area contributed by atoms with Gasteiger partial charge in [-0.2, -0.15) is 0 Å². The van der Waals surface area contributed by atoms with E-state index in [-0.39, 0.29) is 5.91 Å². The highest BCUT2D eigenvalue weighted by Gasteiger charge is 2.16. The van der Waals surface area contributed by atoms with Crippen LogP contribution in [-0.2, 0) is 17.9 Å². The number of likely N-dealkylation sites (N-methyl/N-ethyl adjacent to an activating group) is 1. The third kappa shape index (κ3) is 6.72. The summed E-state index contributed by atoms with van der Waals surface area (Å²) in [5.74, 6) is 1.10. The second kappa shape index (κ2) is 11.8. The second-order valence-corrected chi connectivity index (χ2v) is 10.2. The van der Waals surface area contributed by atoms with Crippen LogP contribution in [-0.4, -0.2) is 68.9 Å². The van der Waals surface area contributed by atoms with Crippen molar-refractivity contribution in [3.8, 4) is 5.69 Å². The normalized spacial score (nSPS) is 14.9. The number of nitrogens with one attached hydrogen (secondary N) is 1. The Hall–Kier alpha value is -2.68. The number of aryl methyl sites for hydroxylation is 3. The molecular weight excluding hydrogens is 456 g/mol. The van der Waals surface area contributed by atoms with Crippen LogP contribution in [0.15, 0.2) is 47.6 Å². The Morgan fingerprint density at radius 1 is 0.943 bits per heavy atom. The zero-order valence-corrected chi connectivity index (χ0v) is 22.1. The fraction of sp³-hybridized carbons (Fsp3) is 0.444. The van der Waals surface area contributed by atoms with Crippen LogP contribution < -0.4 is 5.32 Å². The van der Waals surface area contributed by atoms with Crippen molar-refractivity contribution < 1.29 is 4.79 Å². The van der Waals surface area contributed by atoms with Crippen molar-refractivity contribution in [3.05, 3.63) is 70.5 Å². The third-order valence-corrected chi connectivity index (χ3v) is 7.49. The van der Waals surface area contributed by atoms with E-state index in [1.165, 1.54) is 22.9 Å². The molecule has 1 N–H and O–H groups in total. The fourth-order valence-electron chi connectivity index (χ4n) is 4.34. The molecule has 0 bridgehead atoms. The van der Waals surface area contributed by atoms with E-state index < -0.39 is 0 Å². The van der Waals surface area contributed by atoms with Crippen LogP contribution in [0.25, 0.3) is 5.69 Å². The summed E-state index contributed by atoms with van der Waals surface area (Å²) in [6.07, 6.45) is 0. The van der Waals surface area contributed by atoms with E-state index in [4.69, 9.17) is 0 Å². The van der Waals surface area contributed by atoms with Gasteiger partial charge in [-0.05, 0) is 55.6 Å². The lowest BCUT2D eigenvalue weighted by Crippen LogP contribution is -2.45. The number of hydrogen-bond donors (Lipinski definition) is 1. The van der Waals surface area contributed by atoms with E-state index in [1.807, 2.05) is 11.5 Å². The van der Waals surface area contributed by atoms with Gasteiger partial charge in [0.15, 0.2) is 5.16 Å². The van der Waals surface area contributed by atoms with Crippen molar-refractivity contribution in [1.82, 2.24) is 29.9 Å². The maximum atomic E-state index is 12.5. The van der Waals surface area contributed by atoms with Crippen molar-refractivity contribution in [2.45, 2.75) is 45.9 Å². The molecule has 1 aliphatic rings. The monoisotopic (exact) mass is 492 g/mol. The predicted octanol–water partition coefficient (Wildman–Crippen LogP) is 3.74. The summed E-state index contributed by atoms with van der Waals surface area (Å²) >= 11 is 1.41. The molecule has 1 saturated heterocycles. The first-order chi connectivity index (χ1) is 16.9. The summed E-state index contributed by atoms with van der Waals surface area (Å²) in [5, 5.41) is 12.3. The van der Waals surface area contributed by atoms with Crippen LogP contribution in [0.3, 0.4) is 0 Å². The minimum absolute atomic E-state index is 0.0129. The first kappa shape index (κ1) is 25.4. The van der Waals surface area contributed by atoms with E-state index in [0.29, 0.717) is 12.3 Å². The van der Waals surface area contributed by atoms with Gasteiger partial charge in [0.05, 0.1) is 11.4 Å². The predicted molar refractivity (Wildman–Crippen MR) is 142 cm³/mol. The summed E-state index contributed by atoms with van der Waals surface area (Å²) in [6.45, 7) is 15.5. The van der Waals surface area contributed by atoms with Crippen molar-refractivity contribution in [3.63, 3.8) is 0 Å². The molecule has 35 heavy (non-hydrogen) atoms. The molecule has 1 aromatic heterocycles. The van der Waals surface area contributed by atoms with Crippen molar-refractivity contribution in [2.75, 3.05) is 38.5 Å². The molecule has 1 fully saturated rings. The van der Waals surface area contributed by atoms with Gasteiger partial charge in [-0.3, -0.25) is 14.3 Å². The highest BCUT2D eigenvalue weighted by Crippen LogP contribution is 2.24. The maximum absolute atomic E-state index is 12.5. The number of thioether (sulfide) groups is 1. The number of hydrogen-bond acceptors (Lipinski definition) is 6. The van der Waals surface area contributed by atoms with Crippen LogP contribution in [0.4, 0.5) is 0 Å². The summed E-state index contributed by atoms with van der Waals surface area (Å²) in [6, 6.07) is 14.9. The standard InChI is InChI=1S/C27H36N6OS/c1-5-31-12-14-32(15-13-31)18-24-10-8-23(9-11-24)17-28-26(34)19-35-27-30-29-22(4)33(27)25-16-20(2)6-7-21(25)3/h6-11,16H,5,12-15,17-19H2,1-4H3,(H,28,34). The van der Waals surface area contributed by atoms with E-state index in [9.17, 15) is 4.79 Å². The van der Waals surface area contributed by atoms with Gasteiger partial charge in [0.2, 0.25) is 5.91 Å². The average molecular weight is 493 g/mol. The van der Waals surface area contributed by atoms with Crippen LogP contribution >= 0.6 is 11.8 Å². The molecule has 1 amide bonds. The molecule has 8 heteroatoms. The third-order valence-electron chi connectivity index (χ3n) is 6.56. The number of rotatable bonds is 9. The van der Waals surface area contributed by atoms with E-state index in [2.05, 4.69) is 88.5 Å². The minimum atomic E-state index is -0.0129. The average Bonchev–Trinajstić information content (AvgIpc) is 3.24. The Morgan fingerprint density at radius 3 is 2.34 bits per heavy atom. The molecule has 0 saturated carbocycles. The largest absolute Gasteiger partial charge is 0.351 e. The number of amides is 1. The summed E-state index contributed by atoms with van der Waals surface area (Å²) in [7, 11) is 0. The Bertz CT molecular complexity index is 1140. The molecular formula is C27H36N6OS. The zero-order chi connectivity index (χ0) is 24.8. The number of piperazine rings is 1. The zero-order valence-electron chi connectivity index (χ0n) is 21.3. The smallest absolute Gasteiger partial charge is 0.230 e. The SMILES string of the molecule is CCN1CCN(Cc2ccc(CNC(=O)CSc3nnc(C)n3-c3cc(C)ccc3C)cc2)CC1. The summed E-state index contributed by atoms with van der Waals surface area (Å²) in [4.78, 5) is 17.6. The minimum Gasteiger partial charge on any atom is -0.351 e. The van der Waals surface area contributed by atoms with Gasteiger partial charge in [0, 0.05) is 39.3 Å². The molecule has 2 aromatic carbocycles. The first-order valence-electron chi connectivity index (χ1n) is 12.3. The van der Waals surface area contributed by atoms with E-state index >= 15 is 0 Å². The van der Waals surface area contributed by atoms with Crippen LogP contribution in [0, 0.1) is 20.8 Å². The first-order valence-corrected chi connectivity index (χ1v) is 13.3. The van der Waals surface area contributed by atoms with E-state index in [1.54, 1.807) is 0 Å². The van der Waals surface area contributed by atoms with Gasteiger partial charge in [-0.15, -0.1) is 10.2 Å². The lowest BCUT2D eigenvalue weighted by atomic mass is 10.1. The number of nitrogens with zero attached hydrogens (tertiary/aromatic N) is 5. The summed E-state index contributed by atoms with van der Waals surface area (Å²) < 4.78 is 2.03. The van der Waals surface area contributed by atoms with Crippen molar-refractivity contribution in [2.24, 2.45) is 0 Å². The lowest BCUT2D eigenvalue weighted by molar-refractivity contribution is -0.118. The highest BCUT2D eigenvalue weighted by atomic mass is 32.2. The highest BCUT2D eigenvalue weighted by molar-refractivity contribution is 7.99. The van der Waals surface area contributed by atoms with Gasteiger partial charge < -0.3 is 10.2 Å². The molecule has 0 atom stereocenters. The number of carbonyl (C=O) groups is 1. The van der Waals surface area contributed by atoms with Gasteiger partial charge in [-0.25, -0.2) is 0 Å². The number of carbonyl (C=O) groups excluding carboxylic acids is 1. The summed E-state index contributed by atoms with van der Waals surface area (Å²) in [5.41, 5.74) is 5.82. The Balaban J connectivity index is 1.26. The quantitative estimate of drug-likeness (QED) is 0.459. The van der Waals surface area contributed by atoms with Gasteiger partial charge in [-0.1, -0.05) is 55.1 Å². The Labute approximate surface area is 212 Å². The van der Waals surface area contributed by atoms with E-state index in [0.717, 1.165) is 67.1 Å². The lowest BCUT2D eigenvalue weighted by Gasteiger charge is -2.34. The molecule has 3 aromatic rings. The number of aromatic nitrogens is 3. The molecule has 0 aliphatic carbocycles. The van der Waals surface area contributed by atoms with Gasteiger partial charge >= 0.3 is 0 Å². The molecule has 7 nitrogen and oxygen atoms in total. The fourth-order valence-corrected chi connectivity index (χ4v) is 5.16. The molecule has 0 radical (unpaired) electrons. The topological polar surface area (TPSA) is 66.3 Å². The Morgan fingerprint density at radius 2 is 1.63 bits per heavy atom. The molecule has 2 heterocycles. The second-order valence-electron chi connectivity index (χ2n) is 9.25. The van der Waals surface area contributed by atoms with Gasteiger partial charge in [0.1, 0.15) is 5.82 Å². The van der Waals surface area contributed by atoms with Crippen LogP contribution in [0.5, 0.6) is 0 Å². The van der Waals surface area contributed by atoms with Crippen LogP contribution in [0.2, 0.25) is 0 Å². The maximum Gasteiger partial charge on any atom is 0.230 e.